The van der Waals surface area contributed by atoms with Crippen molar-refractivity contribution in [3.8, 4) is 11.3 Å². The summed E-state index contributed by atoms with van der Waals surface area (Å²) < 4.78 is 3.40. The summed E-state index contributed by atoms with van der Waals surface area (Å²) in [6.07, 6.45) is 5.51. The van der Waals surface area contributed by atoms with Crippen molar-refractivity contribution < 1.29 is 4.79 Å². The maximum atomic E-state index is 12.2. The van der Waals surface area contributed by atoms with Gasteiger partial charge in [-0.2, -0.15) is 0 Å². The molecule has 4 aromatic rings. The molecule has 7 heteroatoms. The van der Waals surface area contributed by atoms with Gasteiger partial charge in [0, 0.05) is 53.9 Å². The molecule has 124 valence electrons. The van der Waals surface area contributed by atoms with E-state index in [1.165, 1.54) is 10.6 Å². The monoisotopic (exact) mass is 350 g/mol. The smallest absolute Gasteiger partial charge is 0.255 e. The first kappa shape index (κ1) is 15.3. The molecule has 0 bridgehead atoms. The van der Waals surface area contributed by atoms with Crippen LogP contribution < -0.4 is 10.9 Å². The van der Waals surface area contributed by atoms with Crippen LogP contribution in [0.25, 0.3) is 16.2 Å². The molecule has 1 amide bonds. The van der Waals surface area contributed by atoms with Crippen LogP contribution in [0.2, 0.25) is 0 Å². The van der Waals surface area contributed by atoms with Crippen molar-refractivity contribution >= 4 is 27.9 Å². The van der Waals surface area contributed by atoms with Gasteiger partial charge in [0.15, 0.2) is 4.96 Å². The number of benzene rings is 1. The van der Waals surface area contributed by atoms with Crippen molar-refractivity contribution in [3.63, 3.8) is 0 Å². The molecular formula is C18H14N4O2S. The molecule has 0 saturated carbocycles. The number of carbonyl (C=O) groups excluding carboxylic acids is 1. The molecule has 0 atom stereocenters. The Morgan fingerprint density at radius 3 is 2.68 bits per heavy atom. The number of pyridine rings is 1. The molecular weight excluding hydrogens is 336 g/mol. The van der Waals surface area contributed by atoms with Crippen LogP contribution >= 0.6 is 11.3 Å². The number of carbonyl (C=O) groups is 1. The van der Waals surface area contributed by atoms with Crippen LogP contribution in [-0.2, 0) is 7.05 Å². The van der Waals surface area contributed by atoms with E-state index >= 15 is 0 Å². The van der Waals surface area contributed by atoms with Gasteiger partial charge in [-0.15, -0.1) is 11.3 Å². The largest absolute Gasteiger partial charge is 0.322 e. The normalized spacial score (nSPS) is 10.9. The predicted molar refractivity (Wildman–Crippen MR) is 98.1 cm³/mol. The Morgan fingerprint density at radius 1 is 1.16 bits per heavy atom. The van der Waals surface area contributed by atoms with E-state index in [2.05, 4.69) is 10.3 Å². The molecule has 0 spiro atoms. The molecule has 0 aliphatic rings. The van der Waals surface area contributed by atoms with Crippen LogP contribution in [0.15, 0.2) is 65.2 Å². The average Bonchev–Trinajstić information content (AvgIpc) is 3.20. The Kier molecular flexibility index (Phi) is 3.70. The van der Waals surface area contributed by atoms with E-state index in [-0.39, 0.29) is 11.5 Å². The lowest BCUT2D eigenvalue weighted by Gasteiger charge is -2.06. The number of anilines is 1. The SMILES string of the molecule is Cn1ccc(C(=O)Nc2ccc(-c3cn4ccsc4n3)cc2)cc1=O. The number of imidazole rings is 1. The van der Waals surface area contributed by atoms with Crippen molar-refractivity contribution in [3.05, 3.63) is 76.3 Å². The zero-order valence-electron chi connectivity index (χ0n) is 13.3. The quantitative estimate of drug-likeness (QED) is 0.617. The van der Waals surface area contributed by atoms with Crippen molar-refractivity contribution in [2.24, 2.45) is 7.05 Å². The summed E-state index contributed by atoms with van der Waals surface area (Å²) in [5, 5.41) is 4.78. The summed E-state index contributed by atoms with van der Waals surface area (Å²) in [4.78, 5) is 29.4. The fourth-order valence-electron chi connectivity index (χ4n) is 2.48. The number of fused-ring (bicyclic) bond motifs is 1. The minimum atomic E-state index is -0.312. The zero-order valence-corrected chi connectivity index (χ0v) is 14.2. The Bertz CT molecular complexity index is 1090. The molecule has 3 aromatic heterocycles. The van der Waals surface area contributed by atoms with Gasteiger partial charge in [0.25, 0.3) is 11.5 Å². The maximum absolute atomic E-state index is 12.2. The number of thiazole rings is 1. The first-order valence-electron chi connectivity index (χ1n) is 7.61. The molecule has 25 heavy (non-hydrogen) atoms. The first-order valence-corrected chi connectivity index (χ1v) is 8.49. The third-order valence-corrected chi connectivity index (χ3v) is 4.67. The number of hydrogen-bond acceptors (Lipinski definition) is 4. The lowest BCUT2D eigenvalue weighted by molar-refractivity contribution is 0.102. The van der Waals surface area contributed by atoms with E-state index in [0.717, 1.165) is 16.2 Å². The molecule has 1 aromatic carbocycles. The van der Waals surface area contributed by atoms with Crippen LogP contribution in [0.4, 0.5) is 5.69 Å². The second-order valence-corrected chi connectivity index (χ2v) is 6.49. The molecule has 6 nitrogen and oxygen atoms in total. The van der Waals surface area contributed by atoms with Crippen molar-refractivity contribution in [1.29, 1.82) is 0 Å². The van der Waals surface area contributed by atoms with E-state index in [1.807, 2.05) is 46.4 Å². The molecule has 0 aliphatic carbocycles. The summed E-state index contributed by atoms with van der Waals surface area (Å²) in [6, 6.07) is 10.4. The van der Waals surface area contributed by atoms with Crippen LogP contribution in [0.1, 0.15) is 10.4 Å². The highest BCUT2D eigenvalue weighted by Crippen LogP contribution is 2.23. The van der Waals surface area contributed by atoms with Gasteiger partial charge in [-0.1, -0.05) is 12.1 Å². The summed E-state index contributed by atoms with van der Waals surface area (Å²) >= 11 is 1.58. The third kappa shape index (κ3) is 2.97. The number of rotatable bonds is 3. The van der Waals surface area contributed by atoms with Crippen molar-refractivity contribution in [2.45, 2.75) is 0 Å². The fraction of sp³-hybridized carbons (Fsp3) is 0.0556. The molecule has 0 unspecified atom stereocenters. The van der Waals surface area contributed by atoms with E-state index in [4.69, 9.17) is 0 Å². The van der Waals surface area contributed by atoms with Gasteiger partial charge in [0.2, 0.25) is 0 Å². The first-order chi connectivity index (χ1) is 12.1. The maximum Gasteiger partial charge on any atom is 0.255 e. The Labute approximate surface area is 147 Å². The van der Waals surface area contributed by atoms with Gasteiger partial charge < -0.3 is 9.88 Å². The summed E-state index contributed by atoms with van der Waals surface area (Å²) in [6.45, 7) is 0. The lowest BCUT2D eigenvalue weighted by Crippen LogP contribution is -2.19. The van der Waals surface area contributed by atoms with E-state index in [1.54, 1.807) is 30.6 Å². The van der Waals surface area contributed by atoms with E-state index in [9.17, 15) is 9.59 Å². The number of aryl methyl sites for hydroxylation is 1. The zero-order chi connectivity index (χ0) is 17.4. The summed E-state index contributed by atoms with van der Waals surface area (Å²) in [7, 11) is 1.64. The second-order valence-electron chi connectivity index (χ2n) is 5.62. The fourth-order valence-corrected chi connectivity index (χ4v) is 3.18. The third-order valence-electron chi connectivity index (χ3n) is 3.90. The minimum absolute atomic E-state index is 0.220. The Hall–Kier alpha value is -3.19. The number of amides is 1. The lowest BCUT2D eigenvalue weighted by atomic mass is 10.1. The van der Waals surface area contributed by atoms with Gasteiger partial charge in [0.1, 0.15) is 0 Å². The van der Waals surface area contributed by atoms with Gasteiger partial charge in [-0.3, -0.25) is 14.0 Å². The van der Waals surface area contributed by atoms with Crippen molar-refractivity contribution in [2.75, 3.05) is 5.32 Å². The average molecular weight is 350 g/mol. The number of hydrogen-bond donors (Lipinski definition) is 1. The number of nitrogens with one attached hydrogen (secondary N) is 1. The Balaban J connectivity index is 1.53. The molecule has 1 N–H and O–H groups in total. The highest BCUT2D eigenvalue weighted by molar-refractivity contribution is 7.15. The topological polar surface area (TPSA) is 68.4 Å². The number of nitrogens with zero attached hydrogens (tertiary/aromatic N) is 3. The highest BCUT2D eigenvalue weighted by Gasteiger charge is 2.09. The van der Waals surface area contributed by atoms with Crippen LogP contribution in [0.3, 0.4) is 0 Å². The standard InChI is InChI=1S/C18H14N4O2S/c1-21-7-6-13(10-16(21)23)17(24)19-14-4-2-12(3-5-14)15-11-22-8-9-25-18(22)20-15/h2-11H,1H3,(H,19,24). The van der Waals surface area contributed by atoms with E-state index in [0.29, 0.717) is 11.3 Å². The van der Waals surface area contributed by atoms with Crippen LogP contribution in [-0.4, -0.2) is 19.9 Å². The summed E-state index contributed by atoms with van der Waals surface area (Å²) in [5.74, 6) is -0.312. The molecule has 0 fully saturated rings. The number of aromatic nitrogens is 3. The van der Waals surface area contributed by atoms with Gasteiger partial charge >= 0.3 is 0 Å². The van der Waals surface area contributed by atoms with Gasteiger partial charge in [-0.25, -0.2) is 4.98 Å². The highest BCUT2D eigenvalue weighted by atomic mass is 32.1. The van der Waals surface area contributed by atoms with Gasteiger partial charge in [-0.05, 0) is 18.2 Å². The summed E-state index contributed by atoms with van der Waals surface area (Å²) in [5.41, 5.74) is 2.64. The molecule has 3 heterocycles. The Morgan fingerprint density at radius 2 is 1.96 bits per heavy atom. The molecule has 0 aliphatic heterocycles. The van der Waals surface area contributed by atoms with E-state index < -0.39 is 0 Å². The molecule has 0 radical (unpaired) electrons. The molecule has 4 rings (SSSR count). The second kappa shape index (κ2) is 6.03. The van der Waals surface area contributed by atoms with Crippen LogP contribution in [0.5, 0.6) is 0 Å². The predicted octanol–water partition coefficient (Wildman–Crippen LogP) is 3.01. The minimum Gasteiger partial charge on any atom is -0.322 e. The molecule has 0 saturated heterocycles. The van der Waals surface area contributed by atoms with Gasteiger partial charge in [0.05, 0.1) is 5.69 Å². The van der Waals surface area contributed by atoms with Crippen LogP contribution in [0, 0.1) is 0 Å². The van der Waals surface area contributed by atoms with Crippen molar-refractivity contribution in [1.82, 2.24) is 14.0 Å².